The minimum Gasteiger partial charge on any atom is -0.381 e. The summed E-state index contributed by atoms with van der Waals surface area (Å²) in [7, 11) is 2.10. The van der Waals surface area contributed by atoms with Crippen LogP contribution in [0.4, 0.5) is 5.82 Å². The molecule has 146 valence electrons. The predicted molar refractivity (Wildman–Crippen MR) is 101 cm³/mol. The number of hydrogen-bond acceptors (Lipinski definition) is 8. The smallest absolute Gasteiger partial charge is 0.232 e. The Morgan fingerprint density at radius 2 is 2.04 bits per heavy atom. The van der Waals surface area contributed by atoms with Crippen molar-refractivity contribution in [3.63, 3.8) is 0 Å². The fourth-order valence-corrected chi connectivity index (χ4v) is 3.39. The van der Waals surface area contributed by atoms with Crippen LogP contribution in [0.25, 0.3) is 0 Å². The Labute approximate surface area is 159 Å². The Bertz CT molecular complexity index is 757. The molecule has 0 aliphatic carbocycles. The maximum absolute atomic E-state index is 5.41. The molecular weight excluding hydrogens is 344 g/mol. The number of rotatable bonds is 5. The molecule has 0 spiro atoms. The first-order chi connectivity index (χ1) is 12.9. The lowest BCUT2D eigenvalue weighted by molar-refractivity contribution is 0.187. The van der Waals surface area contributed by atoms with E-state index >= 15 is 0 Å². The summed E-state index contributed by atoms with van der Waals surface area (Å²) in [6, 6.07) is 4.59. The molecule has 2 aliphatic rings. The number of aromatic nitrogens is 4. The van der Waals surface area contributed by atoms with Gasteiger partial charge in [0.2, 0.25) is 5.89 Å². The zero-order valence-electron chi connectivity index (χ0n) is 16.6. The summed E-state index contributed by atoms with van der Waals surface area (Å²) in [6.45, 7) is 10.5. The average molecular weight is 372 g/mol. The highest BCUT2D eigenvalue weighted by Crippen LogP contribution is 2.26. The molecule has 1 unspecified atom stereocenters. The summed E-state index contributed by atoms with van der Waals surface area (Å²) in [5.41, 5.74) is 1.04. The van der Waals surface area contributed by atoms with Crippen molar-refractivity contribution >= 4 is 5.82 Å². The molecule has 0 radical (unpaired) electrons. The van der Waals surface area contributed by atoms with Gasteiger partial charge in [0.15, 0.2) is 11.6 Å². The van der Waals surface area contributed by atoms with Crippen molar-refractivity contribution in [3.8, 4) is 0 Å². The zero-order chi connectivity index (χ0) is 19.0. The molecule has 8 nitrogen and oxygen atoms in total. The van der Waals surface area contributed by atoms with Gasteiger partial charge in [0.05, 0.1) is 24.8 Å². The van der Waals surface area contributed by atoms with Crippen LogP contribution in [0.2, 0.25) is 0 Å². The first-order valence-electron chi connectivity index (χ1n) is 9.60. The van der Waals surface area contributed by atoms with Gasteiger partial charge in [-0.15, -0.1) is 5.10 Å². The molecule has 2 aromatic heterocycles. The van der Waals surface area contributed by atoms with E-state index < -0.39 is 0 Å². The quantitative estimate of drug-likeness (QED) is 0.788. The molecule has 1 atom stereocenters. The first-order valence-corrected chi connectivity index (χ1v) is 9.60. The van der Waals surface area contributed by atoms with E-state index in [1.165, 1.54) is 0 Å². The Morgan fingerprint density at radius 1 is 1.22 bits per heavy atom. The van der Waals surface area contributed by atoms with Crippen molar-refractivity contribution in [1.82, 2.24) is 25.2 Å². The van der Waals surface area contributed by atoms with Gasteiger partial charge in [0.25, 0.3) is 0 Å². The normalized spacial score (nSPS) is 21.1. The largest absolute Gasteiger partial charge is 0.381 e. The molecule has 4 rings (SSSR count). The lowest BCUT2D eigenvalue weighted by Gasteiger charge is -2.44. The van der Waals surface area contributed by atoms with Crippen LogP contribution in [0.15, 0.2) is 16.7 Å². The topological polar surface area (TPSA) is 80.4 Å². The van der Waals surface area contributed by atoms with Gasteiger partial charge in [-0.3, -0.25) is 4.90 Å². The van der Waals surface area contributed by atoms with E-state index in [4.69, 9.17) is 9.26 Å². The molecule has 2 aliphatic heterocycles. The van der Waals surface area contributed by atoms with E-state index in [1.807, 2.05) is 0 Å². The molecule has 0 N–H and O–H groups in total. The Balaban J connectivity index is 1.29. The minimum atomic E-state index is 0.0251. The second-order valence-electron chi connectivity index (χ2n) is 8.61. The van der Waals surface area contributed by atoms with E-state index in [9.17, 15) is 0 Å². The molecule has 0 aromatic carbocycles. The van der Waals surface area contributed by atoms with E-state index in [-0.39, 0.29) is 11.3 Å². The number of nitrogens with zero attached hydrogens (tertiary/aromatic N) is 6. The van der Waals surface area contributed by atoms with Crippen LogP contribution in [-0.4, -0.2) is 64.6 Å². The monoisotopic (exact) mass is 372 g/mol. The number of hydrogen-bond donors (Lipinski definition) is 0. The van der Waals surface area contributed by atoms with Crippen LogP contribution in [0.1, 0.15) is 50.5 Å². The Kier molecular flexibility index (Phi) is 4.86. The highest BCUT2D eigenvalue weighted by Gasteiger charge is 2.32. The zero-order valence-corrected chi connectivity index (χ0v) is 16.6. The van der Waals surface area contributed by atoms with Crippen molar-refractivity contribution in [3.05, 3.63) is 29.5 Å². The molecule has 2 aromatic rings. The molecule has 2 saturated heterocycles. The van der Waals surface area contributed by atoms with Gasteiger partial charge in [-0.05, 0) is 25.6 Å². The Hall–Kier alpha value is -2.06. The second-order valence-corrected chi connectivity index (χ2v) is 8.61. The van der Waals surface area contributed by atoms with Crippen molar-refractivity contribution in [2.24, 2.45) is 0 Å². The van der Waals surface area contributed by atoms with Crippen molar-refractivity contribution in [1.29, 1.82) is 0 Å². The van der Waals surface area contributed by atoms with Gasteiger partial charge < -0.3 is 14.2 Å². The van der Waals surface area contributed by atoms with Crippen molar-refractivity contribution < 1.29 is 9.26 Å². The summed E-state index contributed by atoms with van der Waals surface area (Å²) in [5.74, 6) is 2.65. The molecule has 0 bridgehead atoms. The Morgan fingerprint density at radius 3 is 2.67 bits per heavy atom. The second kappa shape index (κ2) is 7.16. The van der Waals surface area contributed by atoms with Crippen LogP contribution < -0.4 is 4.90 Å². The SMILES string of the molecule is CN(Cc1noc(C2CCOC2)n1)C1CN(c2ccc(C(C)(C)C)nn2)C1. The standard InChI is InChI=1S/C19H28N6O2/c1-19(2,3)15-5-6-17(22-21-15)25-9-14(10-25)24(4)11-16-20-18(27-23-16)13-7-8-26-12-13/h5-6,13-14H,7-12H2,1-4H3. The number of ether oxygens (including phenoxy) is 1. The summed E-state index contributed by atoms with van der Waals surface area (Å²) in [6.07, 6.45) is 0.962. The number of anilines is 1. The van der Waals surface area contributed by atoms with E-state index in [1.54, 1.807) is 0 Å². The van der Waals surface area contributed by atoms with E-state index in [0.717, 1.165) is 43.5 Å². The first kappa shape index (κ1) is 18.3. The number of likely N-dealkylation sites (N-methyl/N-ethyl adjacent to an activating group) is 1. The van der Waals surface area contributed by atoms with Gasteiger partial charge in [0.1, 0.15) is 0 Å². The average Bonchev–Trinajstić information content (AvgIpc) is 3.24. The third kappa shape index (κ3) is 3.96. The lowest BCUT2D eigenvalue weighted by atomic mass is 9.92. The van der Waals surface area contributed by atoms with E-state index in [2.05, 4.69) is 70.1 Å². The van der Waals surface area contributed by atoms with Gasteiger partial charge in [-0.2, -0.15) is 10.1 Å². The predicted octanol–water partition coefficient (Wildman–Crippen LogP) is 1.98. The van der Waals surface area contributed by atoms with Gasteiger partial charge >= 0.3 is 0 Å². The highest BCUT2D eigenvalue weighted by atomic mass is 16.5. The van der Waals surface area contributed by atoms with Crippen LogP contribution in [0.3, 0.4) is 0 Å². The molecule has 2 fully saturated rings. The summed E-state index contributed by atoms with van der Waals surface area (Å²) >= 11 is 0. The minimum absolute atomic E-state index is 0.0251. The maximum Gasteiger partial charge on any atom is 0.232 e. The van der Waals surface area contributed by atoms with Gasteiger partial charge in [-0.1, -0.05) is 25.9 Å². The maximum atomic E-state index is 5.41. The molecule has 0 amide bonds. The highest BCUT2D eigenvalue weighted by molar-refractivity contribution is 5.42. The third-order valence-corrected chi connectivity index (χ3v) is 5.38. The summed E-state index contributed by atoms with van der Waals surface area (Å²) in [5, 5.41) is 12.9. The molecule has 27 heavy (non-hydrogen) atoms. The van der Waals surface area contributed by atoms with Crippen LogP contribution in [0, 0.1) is 0 Å². The summed E-state index contributed by atoms with van der Waals surface area (Å²) in [4.78, 5) is 9.07. The van der Waals surface area contributed by atoms with Crippen molar-refractivity contribution in [2.45, 2.75) is 51.1 Å². The van der Waals surface area contributed by atoms with Crippen LogP contribution >= 0.6 is 0 Å². The van der Waals surface area contributed by atoms with Crippen LogP contribution in [-0.2, 0) is 16.7 Å². The summed E-state index contributed by atoms with van der Waals surface area (Å²) < 4.78 is 10.8. The molecule has 4 heterocycles. The molecule has 0 saturated carbocycles. The lowest BCUT2D eigenvalue weighted by Crippen LogP contribution is -2.58. The van der Waals surface area contributed by atoms with Crippen LogP contribution in [0.5, 0.6) is 0 Å². The third-order valence-electron chi connectivity index (χ3n) is 5.38. The molecular formula is C19H28N6O2. The van der Waals surface area contributed by atoms with E-state index in [0.29, 0.717) is 25.1 Å². The molecule has 8 heteroatoms. The van der Waals surface area contributed by atoms with Gasteiger partial charge in [-0.25, -0.2) is 0 Å². The van der Waals surface area contributed by atoms with Gasteiger partial charge in [0, 0.05) is 31.2 Å². The van der Waals surface area contributed by atoms with Crippen molar-refractivity contribution in [2.75, 3.05) is 38.3 Å². The fourth-order valence-electron chi connectivity index (χ4n) is 3.39. The fraction of sp³-hybridized carbons (Fsp3) is 0.684.